The molecule has 0 aliphatic carbocycles. The third-order valence-corrected chi connectivity index (χ3v) is 7.00. The average molecular weight is 567 g/mol. The SMILES string of the molecule is Cc1ccc(C(C)C)c(OCCCn2c3nc4ccccc4nc3c3cc(Br)cc(Br)c32)c1. The molecule has 0 radical (unpaired) electrons. The lowest BCUT2D eigenvalue weighted by molar-refractivity contribution is 0.299. The summed E-state index contributed by atoms with van der Waals surface area (Å²) in [5, 5.41) is 1.09. The van der Waals surface area contributed by atoms with Crippen molar-refractivity contribution in [1.29, 1.82) is 0 Å². The van der Waals surface area contributed by atoms with E-state index in [4.69, 9.17) is 14.7 Å². The Balaban J connectivity index is 1.50. The highest BCUT2D eigenvalue weighted by Gasteiger charge is 2.17. The van der Waals surface area contributed by atoms with Gasteiger partial charge in [-0.2, -0.15) is 0 Å². The first-order chi connectivity index (χ1) is 15.9. The van der Waals surface area contributed by atoms with Crippen LogP contribution in [-0.4, -0.2) is 21.1 Å². The molecule has 0 amide bonds. The fraction of sp³-hybridized carbons (Fsp3) is 0.259. The summed E-state index contributed by atoms with van der Waals surface area (Å²) in [6.07, 6.45) is 0.862. The van der Waals surface area contributed by atoms with Crippen LogP contribution in [0.3, 0.4) is 0 Å². The van der Waals surface area contributed by atoms with Crippen molar-refractivity contribution in [3.05, 3.63) is 74.7 Å². The molecule has 5 rings (SSSR count). The molecule has 0 aliphatic rings. The molecule has 3 aromatic carbocycles. The molecule has 0 spiro atoms. The molecule has 2 heterocycles. The molecule has 0 N–H and O–H groups in total. The van der Waals surface area contributed by atoms with E-state index in [-0.39, 0.29) is 0 Å². The van der Waals surface area contributed by atoms with Crippen LogP contribution in [0.15, 0.2) is 63.5 Å². The van der Waals surface area contributed by atoms with E-state index in [2.05, 4.69) is 87.5 Å². The van der Waals surface area contributed by atoms with Crippen molar-refractivity contribution in [2.24, 2.45) is 0 Å². The monoisotopic (exact) mass is 565 g/mol. The van der Waals surface area contributed by atoms with Crippen LogP contribution in [0.4, 0.5) is 0 Å². The summed E-state index contributed by atoms with van der Waals surface area (Å²) in [6, 6.07) is 18.7. The number of aryl methyl sites for hydroxylation is 2. The molecule has 6 heteroatoms. The first-order valence-corrected chi connectivity index (χ1v) is 12.8. The fourth-order valence-electron chi connectivity index (χ4n) is 4.35. The van der Waals surface area contributed by atoms with Crippen molar-refractivity contribution in [3.8, 4) is 5.75 Å². The summed E-state index contributed by atoms with van der Waals surface area (Å²) in [5.41, 5.74) is 7.22. The van der Waals surface area contributed by atoms with Gasteiger partial charge in [-0.15, -0.1) is 0 Å². The van der Waals surface area contributed by atoms with Crippen LogP contribution >= 0.6 is 31.9 Å². The zero-order valence-corrected chi connectivity index (χ0v) is 22.1. The number of hydrogen-bond donors (Lipinski definition) is 0. The maximum absolute atomic E-state index is 6.25. The lowest BCUT2D eigenvalue weighted by atomic mass is 10.0. The summed E-state index contributed by atoms with van der Waals surface area (Å²) in [7, 11) is 0. The van der Waals surface area contributed by atoms with Crippen molar-refractivity contribution >= 4 is 65.0 Å². The third kappa shape index (κ3) is 4.26. The minimum atomic E-state index is 0.427. The largest absolute Gasteiger partial charge is 0.493 e. The van der Waals surface area contributed by atoms with Crippen molar-refractivity contribution in [3.63, 3.8) is 0 Å². The molecule has 0 saturated heterocycles. The second-order valence-electron chi connectivity index (χ2n) is 8.72. The van der Waals surface area contributed by atoms with Gasteiger partial charge in [-0.25, -0.2) is 9.97 Å². The Kier molecular flexibility index (Phi) is 6.14. The second-order valence-corrected chi connectivity index (χ2v) is 10.5. The number of ether oxygens (including phenoxy) is 1. The molecule has 168 valence electrons. The molecule has 0 unspecified atom stereocenters. The molecule has 0 atom stereocenters. The summed E-state index contributed by atoms with van der Waals surface area (Å²) >= 11 is 7.41. The smallest absolute Gasteiger partial charge is 0.160 e. The topological polar surface area (TPSA) is 39.9 Å². The standard InChI is InChI=1S/C27H25Br2N3O/c1-16(2)19-10-9-17(3)13-24(19)33-12-6-11-32-26-20(14-18(28)15-21(26)29)25-27(32)31-23-8-5-4-7-22(23)30-25/h4-5,7-10,13-16H,6,11-12H2,1-3H3. The van der Waals surface area contributed by atoms with Crippen LogP contribution in [0, 0.1) is 6.92 Å². The van der Waals surface area contributed by atoms with Gasteiger partial charge in [-0.05, 0) is 76.7 Å². The molecular weight excluding hydrogens is 542 g/mol. The molecule has 0 bridgehead atoms. The lowest BCUT2D eigenvalue weighted by Crippen LogP contribution is -2.07. The maximum Gasteiger partial charge on any atom is 0.160 e. The molecule has 4 nitrogen and oxygen atoms in total. The minimum absolute atomic E-state index is 0.427. The van der Waals surface area contributed by atoms with E-state index in [9.17, 15) is 0 Å². The number of rotatable bonds is 6. The number of aromatic nitrogens is 3. The normalized spacial score (nSPS) is 11.8. The summed E-state index contributed by atoms with van der Waals surface area (Å²) in [4.78, 5) is 9.96. The van der Waals surface area contributed by atoms with Gasteiger partial charge < -0.3 is 9.30 Å². The van der Waals surface area contributed by atoms with Gasteiger partial charge in [0.05, 0.1) is 23.2 Å². The number of hydrogen-bond acceptors (Lipinski definition) is 3. The van der Waals surface area contributed by atoms with Gasteiger partial charge in [0.15, 0.2) is 5.65 Å². The average Bonchev–Trinajstić information content (AvgIpc) is 3.08. The molecular formula is C27H25Br2N3O. The Hall–Kier alpha value is -2.44. The molecule has 5 aromatic rings. The van der Waals surface area contributed by atoms with E-state index in [1.54, 1.807) is 0 Å². The van der Waals surface area contributed by atoms with Crippen molar-refractivity contribution in [1.82, 2.24) is 14.5 Å². The predicted octanol–water partition coefficient (Wildman–Crippen LogP) is 8.16. The van der Waals surface area contributed by atoms with Gasteiger partial charge in [0.25, 0.3) is 0 Å². The van der Waals surface area contributed by atoms with Crippen LogP contribution in [0.25, 0.3) is 33.1 Å². The van der Waals surface area contributed by atoms with E-state index in [1.807, 2.05) is 24.3 Å². The number of halogens is 2. The Morgan fingerprint density at radius 2 is 1.73 bits per heavy atom. The van der Waals surface area contributed by atoms with Crippen molar-refractivity contribution in [2.75, 3.05) is 6.61 Å². The molecule has 0 fully saturated rings. The first kappa shape index (κ1) is 22.4. The molecule has 0 aliphatic heterocycles. The third-order valence-electron chi connectivity index (χ3n) is 5.94. The van der Waals surface area contributed by atoms with Crippen molar-refractivity contribution in [2.45, 2.75) is 39.7 Å². The minimum Gasteiger partial charge on any atom is -0.493 e. The predicted molar refractivity (Wildman–Crippen MR) is 143 cm³/mol. The number of fused-ring (bicyclic) bond motifs is 4. The fourth-order valence-corrected chi connectivity index (χ4v) is 5.79. The molecule has 33 heavy (non-hydrogen) atoms. The summed E-state index contributed by atoms with van der Waals surface area (Å²) in [5.74, 6) is 1.42. The maximum atomic E-state index is 6.25. The lowest BCUT2D eigenvalue weighted by Gasteiger charge is -2.15. The van der Waals surface area contributed by atoms with Gasteiger partial charge in [0.2, 0.25) is 0 Å². The van der Waals surface area contributed by atoms with Gasteiger partial charge in [-0.1, -0.05) is 54.0 Å². The van der Waals surface area contributed by atoms with Crippen LogP contribution in [0.1, 0.15) is 37.3 Å². The van der Waals surface area contributed by atoms with Crippen LogP contribution in [-0.2, 0) is 6.54 Å². The van der Waals surface area contributed by atoms with E-state index < -0.39 is 0 Å². The summed E-state index contributed by atoms with van der Waals surface area (Å²) < 4.78 is 10.6. The van der Waals surface area contributed by atoms with Gasteiger partial charge in [0, 0.05) is 20.9 Å². The van der Waals surface area contributed by atoms with E-state index in [0.717, 1.165) is 60.8 Å². The molecule has 0 saturated carbocycles. The van der Waals surface area contributed by atoms with Crippen LogP contribution in [0.2, 0.25) is 0 Å². The van der Waals surface area contributed by atoms with E-state index in [0.29, 0.717) is 12.5 Å². The Morgan fingerprint density at radius 1 is 0.970 bits per heavy atom. The Labute approximate surface area is 210 Å². The highest BCUT2D eigenvalue weighted by atomic mass is 79.9. The Bertz CT molecular complexity index is 1490. The first-order valence-electron chi connectivity index (χ1n) is 11.2. The highest BCUT2D eigenvalue weighted by molar-refractivity contribution is 9.11. The van der Waals surface area contributed by atoms with Gasteiger partial charge >= 0.3 is 0 Å². The number of benzene rings is 3. The number of para-hydroxylation sites is 2. The van der Waals surface area contributed by atoms with Gasteiger partial charge in [0.1, 0.15) is 11.3 Å². The zero-order valence-electron chi connectivity index (χ0n) is 18.9. The van der Waals surface area contributed by atoms with Crippen molar-refractivity contribution < 1.29 is 4.74 Å². The van der Waals surface area contributed by atoms with E-state index >= 15 is 0 Å². The number of nitrogens with zero attached hydrogens (tertiary/aromatic N) is 3. The second kappa shape index (κ2) is 9.07. The van der Waals surface area contributed by atoms with Crippen LogP contribution in [0.5, 0.6) is 5.75 Å². The Morgan fingerprint density at radius 3 is 2.48 bits per heavy atom. The van der Waals surface area contributed by atoms with E-state index in [1.165, 1.54) is 11.1 Å². The summed E-state index contributed by atoms with van der Waals surface area (Å²) in [6.45, 7) is 7.94. The van der Waals surface area contributed by atoms with Crippen LogP contribution < -0.4 is 4.74 Å². The quantitative estimate of drug-likeness (QED) is 0.195. The van der Waals surface area contributed by atoms with Gasteiger partial charge in [-0.3, -0.25) is 0 Å². The molecule has 2 aromatic heterocycles. The zero-order chi connectivity index (χ0) is 23.1. The highest BCUT2D eigenvalue weighted by Crippen LogP contribution is 2.36.